The van der Waals surface area contributed by atoms with Crippen molar-refractivity contribution in [1.82, 2.24) is 0 Å². The van der Waals surface area contributed by atoms with Crippen molar-refractivity contribution < 1.29 is 14.6 Å². The molecule has 0 aliphatic carbocycles. The van der Waals surface area contributed by atoms with Crippen molar-refractivity contribution in [3.63, 3.8) is 0 Å². The fraction of sp³-hybridized carbons (Fsp3) is 0.133. The van der Waals surface area contributed by atoms with Gasteiger partial charge in [0, 0.05) is 5.69 Å². The van der Waals surface area contributed by atoms with Crippen LogP contribution in [0.4, 0.5) is 5.69 Å². The van der Waals surface area contributed by atoms with E-state index in [1.165, 1.54) is 6.07 Å². The Labute approximate surface area is 111 Å². The topological polar surface area (TPSA) is 72.5 Å². The molecule has 98 valence electrons. The summed E-state index contributed by atoms with van der Waals surface area (Å²) in [7, 11) is 1.62. The van der Waals surface area contributed by atoms with E-state index in [1.54, 1.807) is 19.2 Å². The summed E-state index contributed by atoms with van der Waals surface area (Å²) in [4.78, 5) is 11.0. The van der Waals surface area contributed by atoms with Crippen molar-refractivity contribution in [3.8, 4) is 16.9 Å². The second-order valence-corrected chi connectivity index (χ2v) is 4.33. The number of nitrogens with two attached hydrogens (primary N) is 1. The first kappa shape index (κ1) is 13.0. The van der Waals surface area contributed by atoms with E-state index in [4.69, 9.17) is 15.6 Å². The molecule has 0 saturated carbocycles. The zero-order valence-corrected chi connectivity index (χ0v) is 10.8. The standard InChI is InChI=1S/C15H15NO3/c1-9-5-10(3-4-14(9)19-2)11-6-12(15(17)18)8-13(16)7-11/h3-8H,16H2,1-2H3,(H,17,18). The number of benzene rings is 2. The summed E-state index contributed by atoms with van der Waals surface area (Å²) < 4.78 is 5.20. The molecular formula is C15H15NO3. The van der Waals surface area contributed by atoms with Gasteiger partial charge >= 0.3 is 5.97 Å². The van der Waals surface area contributed by atoms with Crippen LogP contribution in [-0.2, 0) is 0 Å². The van der Waals surface area contributed by atoms with Crippen LogP contribution < -0.4 is 10.5 Å². The van der Waals surface area contributed by atoms with Crippen molar-refractivity contribution in [3.05, 3.63) is 47.5 Å². The number of aryl methyl sites for hydroxylation is 1. The van der Waals surface area contributed by atoms with Crippen LogP contribution in [0.3, 0.4) is 0 Å². The lowest BCUT2D eigenvalue weighted by Crippen LogP contribution is -1.99. The average molecular weight is 257 g/mol. The molecule has 0 atom stereocenters. The monoisotopic (exact) mass is 257 g/mol. The van der Waals surface area contributed by atoms with Gasteiger partial charge < -0.3 is 15.6 Å². The number of anilines is 1. The number of rotatable bonds is 3. The number of carboxylic acids is 1. The van der Waals surface area contributed by atoms with Crippen LogP contribution in [0.25, 0.3) is 11.1 Å². The Kier molecular flexibility index (Phi) is 3.42. The predicted molar refractivity (Wildman–Crippen MR) is 74.5 cm³/mol. The molecule has 0 aliphatic heterocycles. The molecule has 0 aromatic heterocycles. The molecule has 0 radical (unpaired) electrons. The number of methoxy groups -OCH3 is 1. The summed E-state index contributed by atoms with van der Waals surface area (Å²) in [6, 6.07) is 10.5. The highest BCUT2D eigenvalue weighted by Gasteiger charge is 2.08. The molecule has 0 amide bonds. The number of nitrogen functional groups attached to an aromatic ring is 1. The Balaban J connectivity index is 2.52. The van der Waals surface area contributed by atoms with Gasteiger partial charge in [0.1, 0.15) is 5.75 Å². The zero-order chi connectivity index (χ0) is 14.0. The number of carbonyl (C=O) groups is 1. The normalized spacial score (nSPS) is 10.2. The minimum Gasteiger partial charge on any atom is -0.496 e. The molecule has 2 aromatic rings. The van der Waals surface area contributed by atoms with E-state index in [-0.39, 0.29) is 5.56 Å². The second kappa shape index (κ2) is 5.02. The van der Waals surface area contributed by atoms with Crippen LogP contribution in [0.2, 0.25) is 0 Å². The fourth-order valence-electron chi connectivity index (χ4n) is 2.00. The summed E-state index contributed by atoms with van der Waals surface area (Å²) in [5, 5.41) is 9.04. The van der Waals surface area contributed by atoms with E-state index >= 15 is 0 Å². The summed E-state index contributed by atoms with van der Waals surface area (Å²) in [6.45, 7) is 1.94. The third-order valence-corrected chi connectivity index (χ3v) is 2.93. The maximum atomic E-state index is 11.0. The Morgan fingerprint density at radius 2 is 1.89 bits per heavy atom. The van der Waals surface area contributed by atoms with Crippen molar-refractivity contribution >= 4 is 11.7 Å². The fourth-order valence-corrected chi connectivity index (χ4v) is 2.00. The molecule has 0 spiro atoms. The van der Waals surface area contributed by atoms with Gasteiger partial charge in [-0.2, -0.15) is 0 Å². The van der Waals surface area contributed by atoms with Crippen molar-refractivity contribution in [2.75, 3.05) is 12.8 Å². The third-order valence-electron chi connectivity index (χ3n) is 2.93. The predicted octanol–water partition coefficient (Wildman–Crippen LogP) is 2.95. The van der Waals surface area contributed by atoms with Gasteiger partial charge in [-0.1, -0.05) is 6.07 Å². The van der Waals surface area contributed by atoms with Crippen LogP contribution >= 0.6 is 0 Å². The molecule has 0 aliphatic rings. The van der Waals surface area contributed by atoms with Gasteiger partial charge in [-0.3, -0.25) is 0 Å². The molecule has 0 fully saturated rings. The molecule has 3 N–H and O–H groups in total. The quantitative estimate of drug-likeness (QED) is 0.829. The molecule has 4 nitrogen and oxygen atoms in total. The minimum atomic E-state index is -0.987. The van der Waals surface area contributed by atoms with Crippen LogP contribution in [-0.4, -0.2) is 18.2 Å². The van der Waals surface area contributed by atoms with Gasteiger partial charge in [0.15, 0.2) is 0 Å². The summed E-state index contributed by atoms with van der Waals surface area (Å²) in [5.74, 6) is -0.190. The summed E-state index contributed by atoms with van der Waals surface area (Å²) >= 11 is 0. The Morgan fingerprint density at radius 3 is 2.47 bits per heavy atom. The largest absolute Gasteiger partial charge is 0.496 e. The Morgan fingerprint density at radius 1 is 1.16 bits per heavy atom. The van der Waals surface area contributed by atoms with Crippen molar-refractivity contribution in [1.29, 1.82) is 0 Å². The van der Waals surface area contributed by atoms with Gasteiger partial charge in [0.2, 0.25) is 0 Å². The third kappa shape index (κ3) is 2.68. The lowest BCUT2D eigenvalue weighted by molar-refractivity contribution is 0.0697. The number of aromatic carboxylic acids is 1. The van der Waals surface area contributed by atoms with Crippen LogP contribution in [0.15, 0.2) is 36.4 Å². The zero-order valence-electron chi connectivity index (χ0n) is 10.8. The molecule has 0 heterocycles. The van der Waals surface area contributed by atoms with Gasteiger partial charge in [-0.15, -0.1) is 0 Å². The van der Waals surface area contributed by atoms with Crippen molar-refractivity contribution in [2.45, 2.75) is 6.92 Å². The highest BCUT2D eigenvalue weighted by atomic mass is 16.5. The Hall–Kier alpha value is -2.49. The molecule has 2 rings (SSSR count). The average Bonchev–Trinajstić information content (AvgIpc) is 2.37. The minimum absolute atomic E-state index is 0.184. The number of ether oxygens (including phenoxy) is 1. The van der Waals surface area contributed by atoms with Gasteiger partial charge in [-0.25, -0.2) is 4.79 Å². The molecule has 2 aromatic carbocycles. The maximum Gasteiger partial charge on any atom is 0.335 e. The number of carboxylic acid groups (broad SMARTS) is 1. The van der Waals surface area contributed by atoms with Gasteiger partial charge in [0.25, 0.3) is 0 Å². The smallest absolute Gasteiger partial charge is 0.335 e. The molecule has 0 unspecified atom stereocenters. The van der Waals surface area contributed by atoms with E-state index in [2.05, 4.69) is 0 Å². The molecule has 19 heavy (non-hydrogen) atoms. The SMILES string of the molecule is COc1ccc(-c2cc(N)cc(C(=O)O)c2)cc1C. The van der Waals surface area contributed by atoms with Crippen molar-refractivity contribution in [2.24, 2.45) is 0 Å². The van der Waals surface area contributed by atoms with E-state index in [0.717, 1.165) is 22.4 Å². The van der Waals surface area contributed by atoms with E-state index < -0.39 is 5.97 Å². The Bertz CT molecular complexity index is 635. The lowest BCUT2D eigenvalue weighted by Gasteiger charge is -2.09. The summed E-state index contributed by atoms with van der Waals surface area (Å²) in [6.07, 6.45) is 0. The second-order valence-electron chi connectivity index (χ2n) is 4.33. The molecule has 4 heteroatoms. The number of hydrogen-bond acceptors (Lipinski definition) is 3. The van der Waals surface area contributed by atoms with E-state index in [9.17, 15) is 4.79 Å². The van der Waals surface area contributed by atoms with E-state index in [0.29, 0.717) is 5.69 Å². The highest BCUT2D eigenvalue weighted by molar-refractivity contribution is 5.91. The van der Waals surface area contributed by atoms with E-state index in [1.807, 2.05) is 25.1 Å². The first-order valence-electron chi connectivity index (χ1n) is 5.80. The lowest BCUT2D eigenvalue weighted by atomic mass is 10.00. The molecule has 0 saturated heterocycles. The first-order valence-corrected chi connectivity index (χ1v) is 5.80. The highest BCUT2D eigenvalue weighted by Crippen LogP contribution is 2.28. The van der Waals surface area contributed by atoms with Gasteiger partial charge in [0.05, 0.1) is 12.7 Å². The molecular weight excluding hydrogens is 242 g/mol. The maximum absolute atomic E-state index is 11.0. The van der Waals surface area contributed by atoms with Crippen LogP contribution in [0, 0.1) is 6.92 Å². The van der Waals surface area contributed by atoms with Crippen LogP contribution in [0.1, 0.15) is 15.9 Å². The van der Waals surface area contributed by atoms with Crippen LogP contribution in [0.5, 0.6) is 5.75 Å². The molecule has 0 bridgehead atoms. The summed E-state index contributed by atoms with van der Waals surface area (Å²) in [5.41, 5.74) is 9.03. The first-order chi connectivity index (χ1) is 9.01. The number of hydrogen-bond donors (Lipinski definition) is 2. The van der Waals surface area contributed by atoms with Gasteiger partial charge in [-0.05, 0) is 53.9 Å².